The van der Waals surface area contributed by atoms with Gasteiger partial charge in [0.2, 0.25) is 5.88 Å². The molecule has 0 unspecified atom stereocenters. The highest BCUT2D eigenvalue weighted by Crippen LogP contribution is 2.39. The summed E-state index contributed by atoms with van der Waals surface area (Å²) in [7, 11) is 1.29. The molecule has 90 valence electrons. The standard InChI is InChI=1S/C10H13F3N2O/c1-9(2,3)6-7(10(11,12)13)14-5-15-8(6)16-4/h5H,1-4H3. The summed E-state index contributed by atoms with van der Waals surface area (Å²) in [5, 5.41) is 0. The first-order valence-corrected chi connectivity index (χ1v) is 4.64. The van der Waals surface area contributed by atoms with Crippen LogP contribution < -0.4 is 4.74 Å². The highest BCUT2D eigenvalue weighted by molar-refractivity contribution is 5.37. The Morgan fingerprint density at radius 2 is 1.69 bits per heavy atom. The second-order valence-electron chi connectivity index (χ2n) is 4.35. The number of methoxy groups -OCH3 is 1. The van der Waals surface area contributed by atoms with Gasteiger partial charge in [-0.2, -0.15) is 13.2 Å². The molecule has 16 heavy (non-hydrogen) atoms. The molecule has 0 saturated heterocycles. The van der Waals surface area contributed by atoms with Gasteiger partial charge in [0, 0.05) is 0 Å². The van der Waals surface area contributed by atoms with Crippen LogP contribution in [0.5, 0.6) is 5.88 Å². The highest BCUT2D eigenvalue weighted by atomic mass is 19.4. The maximum Gasteiger partial charge on any atom is 0.433 e. The second kappa shape index (κ2) is 3.92. The molecule has 0 N–H and O–H groups in total. The first kappa shape index (κ1) is 12.7. The van der Waals surface area contributed by atoms with Gasteiger partial charge in [0.15, 0.2) is 5.69 Å². The fraction of sp³-hybridized carbons (Fsp3) is 0.600. The largest absolute Gasteiger partial charge is 0.481 e. The van der Waals surface area contributed by atoms with Gasteiger partial charge < -0.3 is 4.74 Å². The zero-order valence-corrected chi connectivity index (χ0v) is 9.51. The maximum absolute atomic E-state index is 12.7. The summed E-state index contributed by atoms with van der Waals surface area (Å²) in [6.45, 7) is 4.97. The number of nitrogens with zero attached hydrogens (tertiary/aromatic N) is 2. The van der Waals surface area contributed by atoms with E-state index in [2.05, 4.69) is 9.97 Å². The van der Waals surface area contributed by atoms with E-state index in [4.69, 9.17) is 4.74 Å². The van der Waals surface area contributed by atoms with Gasteiger partial charge in [-0.25, -0.2) is 9.97 Å². The Kier molecular flexibility index (Phi) is 3.12. The van der Waals surface area contributed by atoms with E-state index in [1.807, 2.05) is 0 Å². The number of aromatic nitrogens is 2. The van der Waals surface area contributed by atoms with Crippen LogP contribution >= 0.6 is 0 Å². The zero-order valence-electron chi connectivity index (χ0n) is 9.51. The third kappa shape index (κ3) is 2.43. The molecular formula is C10H13F3N2O. The molecule has 1 heterocycles. The van der Waals surface area contributed by atoms with E-state index in [-0.39, 0.29) is 11.4 Å². The van der Waals surface area contributed by atoms with E-state index in [1.54, 1.807) is 20.8 Å². The van der Waals surface area contributed by atoms with Crippen molar-refractivity contribution in [1.29, 1.82) is 0 Å². The van der Waals surface area contributed by atoms with Crippen LogP contribution in [-0.4, -0.2) is 17.1 Å². The first-order chi connectivity index (χ1) is 7.18. The average molecular weight is 234 g/mol. The van der Waals surface area contributed by atoms with Gasteiger partial charge in [-0.3, -0.25) is 0 Å². The number of halogens is 3. The summed E-state index contributed by atoms with van der Waals surface area (Å²) in [4.78, 5) is 7.01. The molecule has 1 aromatic heterocycles. The van der Waals surface area contributed by atoms with Crippen LogP contribution in [0, 0.1) is 0 Å². The van der Waals surface area contributed by atoms with Crippen LogP contribution in [0.1, 0.15) is 32.0 Å². The smallest absolute Gasteiger partial charge is 0.433 e. The minimum Gasteiger partial charge on any atom is -0.481 e. The summed E-state index contributed by atoms with van der Waals surface area (Å²) >= 11 is 0. The number of hydrogen-bond acceptors (Lipinski definition) is 3. The van der Waals surface area contributed by atoms with E-state index < -0.39 is 17.3 Å². The quantitative estimate of drug-likeness (QED) is 0.749. The van der Waals surface area contributed by atoms with Gasteiger partial charge in [-0.05, 0) is 5.41 Å². The first-order valence-electron chi connectivity index (χ1n) is 4.64. The number of hydrogen-bond donors (Lipinski definition) is 0. The summed E-state index contributed by atoms with van der Waals surface area (Å²) in [5.74, 6) is -0.0326. The molecule has 1 rings (SSSR count). The normalized spacial score (nSPS) is 12.7. The van der Waals surface area contributed by atoms with E-state index >= 15 is 0 Å². The van der Waals surface area contributed by atoms with Crippen molar-refractivity contribution in [3.8, 4) is 5.88 Å². The number of rotatable bonds is 1. The third-order valence-corrected chi connectivity index (χ3v) is 2.02. The van der Waals surface area contributed by atoms with Crippen molar-refractivity contribution in [2.24, 2.45) is 0 Å². The molecular weight excluding hydrogens is 221 g/mol. The summed E-state index contributed by atoms with van der Waals surface area (Å²) in [6, 6.07) is 0. The number of alkyl halides is 3. The predicted molar refractivity (Wildman–Crippen MR) is 52.3 cm³/mol. The van der Waals surface area contributed by atoms with Crippen LogP contribution in [0.2, 0.25) is 0 Å². The molecule has 0 aromatic carbocycles. The predicted octanol–water partition coefficient (Wildman–Crippen LogP) is 2.80. The Labute approximate surface area is 91.7 Å². The molecule has 0 amide bonds. The Bertz CT molecular complexity index is 383. The molecule has 0 aliphatic carbocycles. The Hall–Kier alpha value is -1.33. The van der Waals surface area contributed by atoms with Gasteiger partial charge in [-0.1, -0.05) is 20.8 Å². The van der Waals surface area contributed by atoms with E-state index in [0.717, 1.165) is 6.33 Å². The lowest BCUT2D eigenvalue weighted by Gasteiger charge is -2.24. The van der Waals surface area contributed by atoms with Crippen LogP contribution in [-0.2, 0) is 11.6 Å². The van der Waals surface area contributed by atoms with Gasteiger partial charge >= 0.3 is 6.18 Å². The Morgan fingerprint density at radius 3 is 2.06 bits per heavy atom. The zero-order chi connectivity index (χ0) is 12.6. The maximum atomic E-state index is 12.7. The third-order valence-electron chi connectivity index (χ3n) is 2.02. The van der Waals surface area contributed by atoms with Crippen molar-refractivity contribution >= 4 is 0 Å². The number of ether oxygens (including phenoxy) is 1. The van der Waals surface area contributed by atoms with Gasteiger partial charge in [0.25, 0.3) is 0 Å². The van der Waals surface area contributed by atoms with Crippen LogP contribution in [0.4, 0.5) is 13.2 Å². The van der Waals surface area contributed by atoms with E-state index in [0.29, 0.717) is 0 Å². The Morgan fingerprint density at radius 1 is 1.12 bits per heavy atom. The van der Waals surface area contributed by atoms with Gasteiger partial charge in [0.05, 0.1) is 12.7 Å². The molecule has 0 aliphatic rings. The van der Waals surface area contributed by atoms with Crippen molar-refractivity contribution in [3.63, 3.8) is 0 Å². The van der Waals surface area contributed by atoms with Crippen molar-refractivity contribution in [2.75, 3.05) is 7.11 Å². The molecule has 0 spiro atoms. The molecule has 0 aliphatic heterocycles. The van der Waals surface area contributed by atoms with Crippen LogP contribution in [0.15, 0.2) is 6.33 Å². The highest BCUT2D eigenvalue weighted by Gasteiger charge is 2.40. The van der Waals surface area contributed by atoms with Crippen molar-refractivity contribution in [2.45, 2.75) is 32.4 Å². The van der Waals surface area contributed by atoms with Crippen LogP contribution in [0.3, 0.4) is 0 Å². The molecule has 3 nitrogen and oxygen atoms in total. The van der Waals surface area contributed by atoms with Gasteiger partial charge in [-0.15, -0.1) is 0 Å². The van der Waals surface area contributed by atoms with Crippen LogP contribution in [0.25, 0.3) is 0 Å². The lowest BCUT2D eigenvalue weighted by Crippen LogP contribution is -2.22. The summed E-state index contributed by atoms with van der Waals surface area (Å²) < 4.78 is 43.1. The lowest BCUT2D eigenvalue weighted by atomic mass is 9.86. The monoisotopic (exact) mass is 234 g/mol. The topological polar surface area (TPSA) is 35.0 Å². The van der Waals surface area contributed by atoms with Crippen molar-refractivity contribution in [1.82, 2.24) is 9.97 Å². The summed E-state index contributed by atoms with van der Waals surface area (Å²) in [5.41, 5.74) is -1.70. The fourth-order valence-corrected chi connectivity index (χ4v) is 1.42. The summed E-state index contributed by atoms with van der Waals surface area (Å²) in [6.07, 6.45) is -3.64. The van der Waals surface area contributed by atoms with Crippen molar-refractivity contribution < 1.29 is 17.9 Å². The Balaban J connectivity index is 3.51. The van der Waals surface area contributed by atoms with Gasteiger partial charge in [0.1, 0.15) is 6.33 Å². The minimum absolute atomic E-state index is 0.0231. The second-order valence-corrected chi connectivity index (χ2v) is 4.35. The molecule has 0 fully saturated rings. The molecule has 0 atom stereocenters. The molecule has 0 radical (unpaired) electrons. The molecule has 1 aromatic rings. The molecule has 6 heteroatoms. The molecule has 0 bridgehead atoms. The minimum atomic E-state index is -4.50. The lowest BCUT2D eigenvalue weighted by molar-refractivity contribution is -0.142. The fourth-order valence-electron chi connectivity index (χ4n) is 1.42. The van der Waals surface area contributed by atoms with E-state index in [1.165, 1.54) is 7.11 Å². The van der Waals surface area contributed by atoms with E-state index in [9.17, 15) is 13.2 Å². The SMILES string of the molecule is COc1ncnc(C(F)(F)F)c1C(C)(C)C. The average Bonchev–Trinajstić information content (AvgIpc) is 2.13. The van der Waals surface area contributed by atoms with Crippen molar-refractivity contribution in [3.05, 3.63) is 17.6 Å². The molecule has 0 saturated carbocycles.